The predicted molar refractivity (Wildman–Crippen MR) is 125 cm³/mol. The van der Waals surface area contributed by atoms with Gasteiger partial charge in [-0.25, -0.2) is 13.1 Å². The van der Waals surface area contributed by atoms with Crippen LogP contribution in [-0.2, 0) is 21.1 Å². The standard InChI is InChI=1S/C23H24ClN3O4S/c1-2-16-3-9-20(10-4-16)31-14-23(28)25-22-13-21(17-5-7-18(24)8-6-17)26-27(22)19-11-12-32(29,30)15-19/h3-10,13,19H,2,11-12,14-15H2,1H3,(H,25,28). The molecule has 1 N–H and O–H groups in total. The average molecular weight is 474 g/mol. The summed E-state index contributed by atoms with van der Waals surface area (Å²) in [4.78, 5) is 12.6. The fourth-order valence-electron chi connectivity index (χ4n) is 3.65. The van der Waals surface area contributed by atoms with Gasteiger partial charge >= 0.3 is 0 Å². The van der Waals surface area contributed by atoms with Crippen LogP contribution in [0.3, 0.4) is 0 Å². The lowest BCUT2D eigenvalue weighted by atomic mass is 10.1. The van der Waals surface area contributed by atoms with Gasteiger partial charge in [-0.1, -0.05) is 42.8 Å². The Labute approximate surface area is 192 Å². The molecule has 1 fully saturated rings. The number of rotatable bonds is 7. The first-order chi connectivity index (χ1) is 15.3. The van der Waals surface area contributed by atoms with Crippen molar-refractivity contribution in [1.29, 1.82) is 0 Å². The van der Waals surface area contributed by atoms with Crippen LogP contribution in [0.2, 0.25) is 5.02 Å². The molecule has 32 heavy (non-hydrogen) atoms. The smallest absolute Gasteiger partial charge is 0.263 e. The van der Waals surface area contributed by atoms with Crippen molar-refractivity contribution in [2.75, 3.05) is 23.4 Å². The minimum Gasteiger partial charge on any atom is -0.484 e. The van der Waals surface area contributed by atoms with E-state index in [2.05, 4.69) is 17.3 Å². The largest absolute Gasteiger partial charge is 0.484 e. The van der Waals surface area contributed by atoms with E-state index in [0.29, 0.717) is 28.7 Å². The number of aromatic nitrogens is 2. The molecule has 2 heterocycles. The highest BCUT2D eigenvalue weighted by atomic mass is 35.5. The first-order valence-corrected chi connectivity index (χ1v) is 12.6. The Morgan fingerprint density at radius 2 is 1.91 bits per heavy atom. The van der Waals surface area contributed by atoms with Crippen LogP contribution >= 0.6 is 11.6 Å². The number of carbonyl (C=O) groups is 1. The third-order valence-corrected chi connectivity index (χ3v) is 7.40. The van der Waals surface area contributed by atoms with E-state index in [9.17, 15) is 13.2 Å². The molecular formula is C23H24ClN3O4S. The number of hydrogen-bond donors (Lipinski definition) is 1. The van der Waals surface area contributed by atoms with Crippen LogP contribution in [0.4, 0.5) is 5.82 Å². The van der Waals surface area contributed by atoms with E-state index in [1.54, 1.807) is 22.9 Å². The number of ether oxygens (including phenoxy) is 1. The Bertz CT molecular complexity index is 1210. The van der Waals surface area contributed by atoms with Crippen molar-refractivity contribution in [3.63, 3.8) is 0 Å². The second-order valence-electron chi connectivity index (χ2n) is 7.76. The van der Waals surface area contributed by atoms with Crippen LogP contribution in [0, 0.1) is 0 Å². The van der Waals surface area contributed by atoms with Gasteiger partial charge in [0.25, 0.3) is 5.91 Å². The van der Waals surface area contributed by atoms with Crippen molar-refractivity contribution in [3.05, 3.63) is 65.2 Å². The summed E-state index contributed by atoms with van der Waals surface area (Å²) in [7, 11) is -3.12. The summed E-state index contributed by atoms with van der Waals surface area (Å²) in [5.74, 6) is 0.798. The third kappa shape index (κ3) is 5.31. The van der Waals surface area contributed by atoms with E-state index in [-0.39, 0.29) is 30.1 Å². The summed E-state index contributed by atoms with van der Waals surface area (Å²) >= 11 is 5.98. The van der Waals surface area contributed by atoms with Crippen molar-refractivity contribution in [2.45, 2.75) is 25.8 Å². The lowest BCUT2D eigenvalue weighted by Gasteiger charge is -2.14. The summed E-state index contributed by atoms with van der Waals surface area (Å²) in [6.07, 6.45) is 1.38. The Morgan fingerprint density at radius 1 is 1.19 bits per heavy atom. The molecule has 1 saturated heterocycles. The molecule has 1 amide bonds. The van der Waals surface area contributed by atoms with Crippen molar-refractivity contribution in [2.24, 2.45) is 0 Å². The van der Waals surface area contributed by atoms with Gasteiger partial charge in [-0.3, -0.25) is 4.79 Å². The zero-order chi connectivity index (χ0) is 22.7. The van der Waals surface area contributed by atoms with E-state index < -0.39 is 9.84 Å². The van der Waals surface area contributed by atoms with Gasteiger partial charge in [0.05, 0.1) is 23.2 Å². The molecule has 0 spiro atoms. The highest BCUT2D eigenvalue weighted by Crippen LogP contribution is 2.30. The summed E-state index contributed by atoms with van der Waals surface area (Å²) in [5.41, 5.74) is 2.63. The molecule has 4 rings (SSSR count). The lowest BCUT2D eigenvalue weighted by molar-refractivity contribution is -0.118. The minimum atomic E-state index is -3.12. The number of nitrogens with zero attached hydrogens (tertiary/aromatic N) is 2. The average Bonchev–Trinajstić information content (AvgIpc) is 3.36. The van der Waals surface area contributed by atoms with Gasteiger partial charge in [-0.15, -0.1) is 0 Å². The Balaban J connectivity index is 1.52. The highest BCUT2D eigenvalue weighted by Gasteiger charge is 2.31. The molecule has 1 aliphatic rings. The van der Waals surface area contributed by atoms with E-state index in [0.717, 1.165) is 12.0 Å². The molecule has 0 aliphatic carbocycles. The lowest BCUT2D eigenvalue weighted by Crippen LogP contribution is -2.23. The molecule has 0 saturated carbocycles. The summed E-state index contributed by atoms with van der Waals surface area (Å²) < 4.78 is 31.2. The zero-order valence-corrected chi connectivity index (χ0v) is 19.2. The first kappa shape index (κ1) is 22.4. The second kappa shape index (κ2) is 9.34. The van der Waals surface area contributed by atoms with Gasteiger partial charge in [0.15, 0.2) is 16.4 Å². The third-order valence-electron chi connectivity index (χ3n) is 5.40. The van der Waals surface area contributed by atoms with Crippen molar-refractivity contribution < 1.29 is 17.9 Å². The molecule has 1 aliphatic heterocycles. The van der Waals surface area contributed by atoms with Crippen molar-refractivity contribution in [3.8, 4) is 17.0 Å². The molecule has 3 aromatic rings. The fraction of sp³-hybridized carbons (Fsp3) is 0.304. The van der Waals surface area contributed by atoms with Gasteiger partial charge in [0.1, 0.15) is 11.6 Å². The molecule has 9 heteroatoms. The quantitative estimate of drug-likeness (QED) is 0.556. The Hall–Kier alpha value is -2.84. The number of amides is 1. The maximum Gasteiger partial charge on any atom is 0.263 e. The van der Waals surface area contributed by atoms with Gasteiger partial charge in [-0.2, -0.15) is 5.10 Å². The summed E-state index contributed by atoms with van der Waals surface area (Å²) in [5, 5.41) is 8.03. The van der Waals surface area contributed by atoms with Crippen molar-refractivity contribution in [1.82, 2.24) is 9.78 Å². The van der Waals surface area contributed by atoms with Crippen LogP contribution in [0.25, 0.3) is 11.3 Å². The Morgan fingerprint density at radius 3 is 2.53 bits per heavy atom. The number of anilines is 1. The molecule has 1 aromatic heterocycles. The number of hydrogen-bond acceptors (Lipinski definition) is 5. The Kier molecular flexibility index (Phi) is 6.53. The number of carbonyl (C=O) groups excluding carboxylic acids is 1. The number of nitrogens with one attached hydrogen (secondary N) is 1. The molecule has 1 atom stereocenters. The second-order valence-corrected chi connectivity index (χ2v) is 10.4. The number of halogens is 1. The van der Waals surface area contributed by atoms with Crippen LogP contribution in [-0.4, -0.2) is 42.2 Å². The predicted octanol–water partition coefficient (Wildman–Crippen LogP) is 4.14. The normalized spacial score (nSPS) is 17.2. The fourth-order valence-corrected chi connectivity index (χ4v) is 5.46. The van der Waals surface area contributed by atoms with E-state index in [1.165, 1.54) is 5.56 Å². The van der Waals surface area contributed by atoms with Crippen LogP contribution in [0.1, 0.15) is 24.9 Å². The van der Waals surface area contributed by atoms with Crippen LogP contribution in [0.5, 0.6) is 5.75 Å². The molecule has 0 radical (unpaired) electrons. The highest BCUT2D eigenvalue weighted by molar-refractivity contribution is 7.91. The monoisotopic (exact) mass is 473 g/mol. The van der Waals surface area contributed by atoms with Gasteiger partial charge in [0, 0.05) is 16.7 Å². The van der Waals surface area contributed by atoms with E-state index >= 15 is 0 Å². The first-order valence-electron chi connectivity index (χ1n) is 10.4. The number of aryl methyl sites for hydroxylation is 1. The SMILES string of the molecule is CCc1ccc(OCC(=O)Nc2cc(-c3ccc(Cl)cc3)nn2C2CCS(=O)(=O)C2)cc1. The maximum absolute atomic E-state index is 12.6. The molecular weight excluding hydrogens is 450 g/mol. The zero-order valence-electron chi connectivity index (χ0n) is 17.6. The van der Waals surface area contributed by atoms with Crippen LogP contribution < -0.4 is 10.1 Å². The molecule has 168 valence electrons. The summed E-state index contributed by atoms with van der Waals surface area (Å²) in [6, 6.07) is 16.2. The topological polar surface area (TPSA) is 90.3 Å². The minimum absolute atomic E-state index is 0.00210. The van der Waals surface area contributed by atoms with E-state index in [1.807, 2.05) is 36.4 Å². The number of benzene rings is 2. The molecule has 2 aromatic carbocycles. The molecule has 7 nitrogen and oxygen atoms in total. The van der Waals surface area contributed by atoms with Gasteiger partial charge < -0.3 is 10.1 Å². The van der Waals surface area contributed by atoms with E-state index in [4.69, 9.17) is 16.3 Å². The summed E-state index contributed by atoms with van der Waals surface area (Å²) in [6.45, 7) is 1.90. The van der Waals surface area contributed by atoms with Gasteiger partial charge in [0.2, 0.25) is 0 Å². The molecule has 1 unspecified atom stereocenters. The van der Waals surface area contributed by atoms with Crippen LogP contribution in [0.15, 0.2) is 54.6 Å². The number of sulfone groups is 1. The van der Waals surface area contributed by atoms with Crippen molar-refractivity contribution >= 4 is 33.2 Å². The van der Waals surface area contributed by atoms with Gasteiger partial charge in [-0.05, 0) is 42.7 Å². The maximum atomic E-state index is 12.6. The molecule has 0 bridgehead atoms.